The van der Waals surface area contributed by atoms with Crippen LogP contribution in [-0.2, 0) is 17.8 Å². The number of ether oxygens (including phenoxy) is 4. The average molecular weight is 439 g/mol. The van der Waals surface area contributed by atoms with Gasteiger partial charge in [-0.05, 0) is 54.7 Å². The first kappa shape index (κ1) is 20.9. The van der Waals surface area contributed by atoms with Crippen molar-refractivity contribution in [3.05, 3.63) is 41.5 Å². The van der Waals surface area contributed by atoms with Gasteiger partial charge in [-0.25, -0.2) is 0 Å². The zero-order chi connectivity index (χ0) is 22.1. The van der Waals surface area contributed by atoms with Crippen molar-refractivity contribution in [2.75, 3.05) is 32.6 Å². The SMILES string of the molecule is COc1cc2c(cc1OC)CN(CC(=O)Nc1ccc3c(c1)OC1(CCCCC1)O3)CC2. The molecule has 1 saturated carbocycles. The van der Waals surface area contributed by atoms with Crippen molar-refractivity contribution in [2.45, 2.75) is 50.9 Å². The van der Waals surface area contributed by atoms with E-state index in [-0.39, 0.29) is 5.91 Å². The van der Waals surface area contributed by atoms with E-state index in [2.05, 4.69) is 10.2 Å². The third-order valence-electron chi connectivity index (χ3n) is 6.60. The largest absolute Gasteiger partial charge is 0.493 e. The van der Waals surface area contributed by atoms with Crippen LogP contribution in [0, 0.1) is 0 Å². The molecule has 2 aromatic carbocycles. The number of methoxy groups -OCH3 is 2. The summed E-state index contributed by atoms with van der Waals surface area (Å²) < 4.78 is 23.1. The molecule has 0 aromatic heterocycles. The Balaban J connectivity index is 1.21. The quantitative estimate of drug-likeness (QED) is 0.757. The summed E-state index contributed by atoms with van der Waals surface area (Å²) in [5, 5.41) is 3.01. The Morgan fingerprint density at radius 3 is 2.47 bits per heavy atom. The summed E-state index contributed by atoms with van der Waals surface area (Å²) in [5.74, 6) is 2.40. The highest BCUT2D eigenvalue weighted by atomic mass is 16.7. The minimum absolute atomic E-state index is 0.0415. The third-order valence-corrected chi connectivity index (χ3v) is 6.60. The molecule has 2 aromatic rings. The molecule has 0 unspecified atom stereocenters. The highest BCUT2D eigenvalue weighted by molar-refractivity contribution is 5.92. The zero-order valence-electron chi connectivity index (χ0n) is 18.7. The number of benzene rings is 2. The van der Waals surface area contributed by atoms with E-state index in [1.807, 2.05) is 30.3 Å². The Morgan fingerprint density at radius 1 is 1.00 bits per heavy atom. The van der Waals surface area contributed by atoms with Crippen LogP contribution in [0.5, 0.6) is 23.0 Å². The van der Waals surface area contributed by atoms with Crippen molar-refractivity contribution < 1.29 is 23.7 Å². The van der Waals surface area contributed by atoms with E-state index >= 15 is 0 Å². The lowest BCUT2D eigenvalue weighted by Crippen LogP contribution is -2.40. The molecule has 7 heteroatoms. The molecule has 0 atom stereocenters. The molecule has 1 amide bonds. The lowest BCUT2D eigenvalue weighted by molar-refractivity contribution is -0.117. The Hall–Kier alpha value is -2.93. The van der Waals surface area contributed by atoms with Crippen molar-refractivity contribution in [1.82, 2.24) is 4.90 Å². The van der Waals surface area contributed by atoms with Gasteiger partial charge in [0.05, 0.1) is 20.8 Å². The van der Waals surface area contributed by atoms with E-state index < -0.39 is 5.79 Å². The number of carbonyl (C=O) groups is 1. The fourth-order valence-electron chi connectivity index (χ4n) is 4.95. The summed E-state index contributed by atoms with van der Waals surface area (Å²) in [7, 11) is 3.29. The summed E-state index contributed by atoms with van der Waals surface area (Å²) in [4.78, 5) is 14.9. The predicted molar refractivity (Wildman–Crippen MR) is 121 cm³/mol. The molecular weight excluding hydrogens is 408 g/mol. The zero-order valence-corrected chi connectivity index (χ0v) is 18.7. The van der Waals surface area contributed by atoms with Gasteiger partial charge in [-0.15, -0.1) is 0 Å². The molecule has 0 saturated heterocycles. The number of anilines is 1. The summed E-state index contributed by atoms with van der Waals surface area (Å²) in [6, 6.07) is 9.70. The van der Waals surface area contributed by atoms with Gasteiger partial charge >= 0.3 is 0 Å². The normalized spacial score (nSPS) is 18.8. The van der Waals surface area contributed by atoms with Gasteiger partial charge in [-0.1, -0.05) is 6.42 Å². The van der Waals surface area contributed by atoms with Gasteiger partial charge in [-0.2, -0.15) is 0 Å². The second-order valence-electron chi connectivity index (χ2n) is 8.82. The maximum absolute atomic E-state index is 12.7. The van der Waals surface area contributed by atoms with E-state index in [0.29, 0.717) is 18.8 Å². The van der Waals surface area contributed by atoms with Crippen molar-refractivity contribution in [3.63, 3.8) is 0 Å². The Labute approximate surface area is 188 Å². The fourth-order valence-corrected chi connectivity index (χ4v) is 4.95. The van der Waals surface area contributed by atoms with Gasteiger partial charge in [0.2, 0.25) is 5.91 Å². The molecule has 2 aliphatic heterocycles. The highest BCUT2D eigenvalue weighted by Crippen LogP contribution is 2.46. The van der Waals surface area contributed by atoms with Crippen LogP contribution in [0.3, 0.4) is 0 Å². The van der Waals surface area contributed by atoms with E-state index in [9.17, 15) is 4.79 Å². The maximum atomic E-state index is 12.7. The molecule has 170 valence electrons. The smallest absolute Gasteiger partial charge is 0.251 e. The second kappa shape index (κ2) is 8.54. The first-order chi connectivity index (χ1) is 15.6. The van der Waals surface area contributed by atoms with Crippen LogP contribution >= 0.6 is 0 Å². The van der Waals surface area contributed by atoms with E-state index in [0.717, 1.165) is 61.6 Å². The lowest BCUT2D eigenvalue weighted by atomic mass is 9.94. The third kappa shape index (κ3) is 4.09. The lowest BCUT2D eigenvalue weighted by Gasteiger charge is -2.31. The molecule has 1 spiro atoms. The van der Waals surface area contributed by atoms with Crippen LogP contribution in [0.25, 0.3) is 0 Å². The molecule has 0 bridgehead atoms. The molecule has 7 nitrogen and oxygen atoms in total. The molecule has 32 heavy (non-hydrogen) atoms. The number of fused-ring (bicyclic) bond motifs is 2. The van der Waals surface area contributed by atoms with Crippen molar-refractivity contribution in [3.8, 4) is 23.0 Å². The number of nitrogens with zero attached hydrogens (tertiary/aromatic N) is 1. The van der Waals surface area contributed by atoms with Gasteiger partial charge in [0, 0.05) is 37.7 Å². The number of rotatable bonds is 5. The Morgan fingerprint density at radius 2 is 1.72 bits per heavy atom. The molecular formula is C25H30N2O5. The molecule has 2 heterocycles. The first-order valence-electron chi connectivity index (χ1n) is 11.4. The van der Waals surface area contributed by atoms with Crippen molar-refractivity contribution >= 4 is 11.6 Å². The minimum Gasteiger partial charge on any atom is -0.493 e. The number of hydrogen-bond donors (Lipinski definition) is 1. The maximum Gasteiger partial charge on any atom is 0.251 e. The average Bonchev–Trinajstić information content (AvgIpc) is 3.14. The van der Waals surface area contributed by atoms with E-state index in [1.54, 1.807) is 14.2 Å². The second-order valence-corrected chi connectivity index (χ2v) is 8.82. The summed E-state index contributed by atoms with van der Waals surface area (Å²) in [5.41, 5.74) is 3.14. The molecule has 1 fully saturated rings. The van der Waals surface area contributed by atoms with Crippen LogP contribution in [0.15, 0.2) is 30.3 Å². The first-order valence-corrected chi connectivity index (χ1v) is 11.4. The molecule has 1 aliphatic carbocycles. The number of hydrogen-bond acceptors (Lipinski definition) is 6. The molecule has 5 rings (SSSR count). The van der Waals surface area contributed by atoms with Crippen LogP contribution in [-0.4, -0.2) is 43.9 Å². The topological polar surface area (TPSA) is 69.3 Å². The Kier molecular flexibility index (Phi) is 5.59. The van der Waals surface area contributed by atoms with Gasteiger partial charge in [-0.3, -0.25) is 9.69 Å². The molecule has 3 aliphatic rings. The van der Waals surface area contributed by atoms with Gasteiger partial charge in [0.1, 0.15) is 0 Å². The summed E-state index contributed by atoms with van der Waals surface area (Å²) in [6.45, 7) is 1.85. The number of carbonyl (C=O) groups excluding carboxylic acids is 1. The summed E-state index contributed by atoms with van der Waals surface area (Å²) in [6.07, 6.45) is 6.17. The monoisotopic (exact) mass is 438 g/mol. The minimum atomic E-state index is -0.506. The summed E-state index contributed by atoms with van der Waals surface area (Å²) >= 11 is 0. The van der Waals surface area contributed by atoms with Crippen LogP contribution < -0.4 is 24.3 Å². The highest BCUT2D eigenvalue weighted by Gasteiger charge is 2.42. The number of nitrogens with one attached hydrogen (secondary N) is 1. The van der Waals surface area contributed by atoms with Gasteiger partial charge in [0.25, 0.3) is 5.79 Å². The predicted octanol–water partition coefficient (Wildman–Crippen LogP) is 4.13. The standard InChI is InChI=1S/C25H30N2O5/c1-29-21-12-17-8-11-27(15-18(17)13-22(21)30-2)16-24(28)26-19-6-7-20-23(14-19)32-25(31-20)9-4-3-5-10-25/h6-7,12-14H,3-5,8-11,15-16H2,1-2H3,(H,26,28). The van der Waals surface area contributed by atoms with E-state index in [4.69, 9.17) is 18.9 Å². The van der Waals surface area contributed by atoms with Crippen molar-refractivity contribution in [2.24, 2.45) is 0 Å². The Bertz CT molecular complexity index is 1020. The van der Waals surface area contributed by atoms with Crippen LogP contribution in [0.2, 0.25) is 0 Å². The fraction of sp³-hybridized carbons (Fsp3) is 0.480. The van der Waals surface area contributed by atoms with E-state index in [1.165, 1.54) is 17.5 Å². The van der Waals surface area contributed by atoms with Crippen LogP contribution in [0.4, 0.5) is 5.69 Å². The van der Waals surface area contributed by atoms with Gasteiger partial charge < -0.3 is 24.3 Å². The van der Waals surface area contributed by atoms with Crippen LogP contribution in [0.1, 0.15) is 43.2 Å². The molecule has 0 radical (unpaired) electrons. The molecule has 1 N–H and O–H groups in total. The number of amides is 1. The van der Waals surface area contributed by atoms with Crippen molar-refractivity contribution in [1.29, 1.82) is 0 Å². The van der Waals surface area contributed by atoms with Gasteiger partial charge in [0.15, 0.2) is 23.0 Å².